The van der Waals surface area contributed by atoms with Crippen LogP contribution in [-0.4, -0.2) is 23.0 Å². The number of likely N-dealkylation sites (tertiary alicyclic amines) is 1. The van der Waals surface area contributed by atoms with Gasteiger partial charge in [-0.1, -0.05) is 6.07 Å². The molecule has 1 fully saturated rings. The summed E-state index contributed by atoms with van der Waals surface area (Å²) in [6, 6.07) is 4.21. The molecule has 0 radical (unpaired) electrons. The zero-order chi connectivity index (χ0) is 9.10. The van der Waals surface area contributed by atoms with Gasteiger partial charge in [0.15, 0.2) is 0 Å². The van der Waals surface area contributed by atoms with E-state index in [1.807, 2.05) is 12.3 Å². The first-order chi connectivity index (χ1) is 6.36. The first kappa shape index (κ1) is 8.70. The van der Waals surface area contributed by atoms with Crippen LogP contribution in [0.25, 0.3) is 0 Å². The Balaban J connectivity index is 2.04. The second kappa shape index (κ2) is 3.88. The fourth-order valence-corrected chi connectivity index (χ4v) is 1.87. The molecule has 2 heterocycles. The summed E-state index contributed by atoms with van der Waals surface area (Å²) in [4.78, 5) is 6.80. The van der Waals surface area contributed by atoms with Gasteiger partial charge in [-0.05, 0) is 44.5 Å². The van der Waals surface area contributed by atoms with Gasteiger partial charge in [-0.25, -0.2) is 0 Å². The second-order valence-corrected chi connectivity index (χ2v) is 3.73. The molecular formula is C11H16N2. The van der Waals surface area contributed by atoms with Crippen LogP contribution in [0.1, 0.15) is 24.1 Å². The van der Waals surface area contributed by atoms with Gasteiger partial charge >= 0.3 is 0 Å². The van der Waals surface area contributed by atoms with Gasteiger partial charge in [0.05, 0.1) is 0 Å². The molecule has 0 amide bonds. The highest BCUT2D eigenvalue weighted by molar-refractivity contribution is 5.18. The number of rotatable bonds is 2. The summed E-state index contributed by atoms with van der Waals surface area (Å²) >= 11 is 0. The van der Waals surface area contributed by atoms with Gasteiger partial charge < -0.3 is 0 Å². The molecule has 2 heteroatoms. The van der Waals surface area contributed by atoms with E-state index in [2.05, 4.69) is 22.9 Å². The molecule has 0 saturated carbocycles. The normalized spacial score (nSPS) is 17.9. The molecule has 1 saturated heterocycles. The van der Waals surface area contributed by atoms with Crippen LogP contribution < -0.4 is 0 Å². The van der Waals surface area contributed by atoms with Crippen LogP contribution in [0.5, 0.6) is 0 Å². The van der Waals surface area contributed by atoms with E-state index in [1.54, 1.807) is 0 Å². The molecule has 0 bridgehead atoms. The number of hydrogen-bond acceptors (Lipinski definition) is 2. The molecule has 1 aromatic rings. The maximum Gasteiger partial charge on any atom is 0.0417 e. The van der Waals surface area contributed by atoms with Crippen LogP contribution in [0.15, 0.2) is 18.3 Å². The lowest BCUT2D eigenvalue weighted by atomic mass is 10.2. The summed E-state index contributed by atoms with van der Waals surface area (Å²) in [6.07, 6.45) is 4.58. The van der Waals surface area contributed by atoms with E-state index in [0.717, 1.165) is 6.54 Å². The summed E-state index contributed by atoms with van der Waals surface area (Å²) in [7, 11) is 0. The number of hydrogen-bond donors (Lipinski definition) is 0. The Bertz CT molecular complexity index is 277. The molecule has 0 aromatic carbocycles. The number of aromatic nitrogens is 1. The third-order valence-corrected chi connectivity index (χ3v) is 2.71. The minimum atomic E-state index is 1.08. The van der Waals surface area contributed by atoms with Crippen molar-refractivity contribution in [2.24, 2.45) is 0 Å². The Morgan fingerprint density at radius 1 is 1.38 bits per heavy atom. The average molecular weight is 176 g/mol. The van der Waals surface area contributed by atoms with Gasteiger partial charge in [-0.3, -0.25) is 9.88 Å². The van der Waals surface area contributed by atoms with Crippen molar-refractivity contribution in [2.75, 3.05) is 13.1 Å². The fourth-order valence-electron chi connectivity index (χ4n) is 1.87. The molecule has 1 aromatic heterocycles. The maximum atomic E-state index is 4.29. The quantitative estimate of drug-likeness (QED) is 0.685. The van der Waals surface area contributed by atoms with Crippen LogP contribution in [-0.2, 0) is 6.54 Å². The number of pyridine rings is 1. The molecule has 1 aliphatic heterocycles. The van der Waals surface area contributed by atoms with Crippen LogP contribution in [0.2, 0.25) is 0 Å². The largest absolute Gasteiger partial charge is 0.299 e. The lowest BCUT2D eigenvalue weighted by Crippen LogP contribution is -2.19. The van der Waals surface area contributed by atoms with Crippen molar-refractivity contribution < 1.29 is 0 Å². The average Bonchev–Trinajstić information content (AvgIpc) is 2.61. The van der Waals surface area contributed by atoms with E-state index in [4.69, 9.17) is 0 Å². The summed E-state index contributed by atoms with van der Waals surface area (Å²) in [5.41, 5.74) is 2.55. The van der Waals surface area contributed by atoms with Crippen LogP contribution in [0.4, 0.5) is 0 Å². The van der Waals surface area contributed by atoms with Crippen LogP contribution in [0.3, 0.4) is 0 Å². The third-order valence-electron chi connectivity index (χ3n) is 2.71. The van der Waals surface area contributed by atoms with E-state index in [0.29, 0.717) is 0 Å². The number of nitrogens with zero attached hydrogens (tertiary/aromatic N) is 2. The Hall–Kier alpha value is -0.890. The molecular weight excluding hydrogens is 160 g/mol. The van der Waals surface area contributed by atoms with Gasteiger partial charge in [-0.15, -0.1) is 0 Å². The second-order valence-electron chi connectivity index (χ2n) is 3.73. The monoisotopic (exact) mass is 176 g/mol. The molecule has 70 valence electrons. The van der Waals surface area contributed by atoms with Crippen molar-refractivity contribution in [2.45, 2.75) is 26.3 Å². The van der Waals surface area contributed by atoms with E-state index >= 15 is 0 Å². The van der Waals surface area contributed by atoms with Gasteiger partial charge in [0.2, 0.25) is 0 Å². The van der Waals surface area contributed by atoms with Crippen molar-refractivity contribution in [1.29, 1.82) is 0 Å². The van der Waals surface area contributed by atoms with Crippen LogP contribution in [0, 0.1) is 6.92 Å². The fraction of sp³-hybridized carbons (Fsp3) is 0.545. The lowest BCUT2D eigenvalue weighted by Gasteiger charge is -2.15. The van der Waals surface area contributed by atoms with Gasteiger partial charge in [0.25, 0.3) is 0 Å². The highest BCUT2D eigenvalue weighted by Crippen LogP contribution is 2.13. The number of aryl methyl sites for hydroxylation is 1. The minimum absolute atomic E-state index is 1.08. The Labute approximate surface area is 79.6 Å². The first-order valence-corrected chi connectivity index (χ1v) is 4.99. The maximum absolute atomic E-state index is 4.29. The first-order valence-electron chi connectivity index (χ1n) is 4.99. The molecule has 0 spiro atoms. The topological polar surface area (TPSA) is 16.1 Å². The van der Waals surface area contributed by atoms with Crippen molar-refractivity contribution in [3.05, 3.63) is 29.6 Å². The molecule has 0 N–H and O–H groups in total. The summed E-state index contributed by atoms with van der Waals surface area (Å²) in [6.45, 7) is 5.69. The SMILES string of the molecule is Cc1ncccc1CN1CCCC1. The molecule has 2 nitrogen and oxygen atoms in total. The molecule has 13 heavy (non-hydrogen) atoms. The van der Waals surface area contributed by atoms with Crippen molar-refractivity contribution >= 4 is 0 Å². The van der Waals surface area contributed by atoms with Crippen LogP contribution >= 0.6 is 0 Å². The third kappa shape index (κ3) is 2.07. The van der Waals surface area contributed by atoms with Gasteiger partial charge in [0.1, 0.15) is 0 Å². The summed E-state index contributed by atoms with van der Waals surface area (Å²) in [5.74, 6) is 0. The van der Waals surface area contributed by atoms with Gasteiger partial charge in [-0.2, -0.15) is 0 Å². The van der Waals surface area contributed by atoms with E-state index in [-0.39, 0.29) is 0 Å². The van der Waals surface area contributed by atoms with Crippen molar-refractivity contribution in [1.82, 2.24) is 9.88 Å². The lowest BCUT2D eigenvalue weighted by molar-refractivity contribution is 0.330. The molecule has 1 aliphatic rings. The summed E-state index contributed by atoms with van der Waals surface area (Å²) in [5, 5.41) is 0. The molecule has 0 unspecified atom stereocenters. The van der Waals surface area contributed by atoms with E-state index in [1.165, 1.54) is 37.2 Å². The smallest absolute Gasteiger partial charge is 0.0417 e. The molecule has 2 rings (SSSR count). The van der Waals surface area contributed by atoms with E-state index < -0.39 is 0 Å². The predicted octanol–water partition coefficient (Wildman–Crippen LogP) is 1.99. The minimum Gasteiger partial charge on any atom is -0.299 e. The Morgan fingerprint density at radius 3 is 2.85 bits per heavy atom. The van der Waals surface area contributed by atoms with Crippen molar-refractivity contribution in [3.63, 3.8) is 0 Å². The highest BCUT2D eigenvalue weighted by Gasteiger charge is 2.12. The standard InChI is InChI=1S/C11H16N2/c1-10-11(5-4-6-12-10)9-13-7-2-3-8-13/h4-6H,2-3,7-9H2,1H3. The predicted molar refractivity (Wildman–Crippen MR) is 53.5 cm³/mol. The summed E-state index contributed by atoms with van der Waals surface area (Å²) < 4.78 is 0. The van der Waals surface area contributed by atoms with Gasteiger partial charge in [0, 0.05) is 18.4 Å². The zero-order valence-electron chi connectivity index (χ0n) is 8.16. The molecule has 0 atom stereocenters. The van der Waals surface area contributed by atoms with E-state index in [9.17, 15) is 0 Å². The molecule has 0 aliphatic carbocycles. The zero-order valence-corrected chi connectivity index (χ0v) is 8.16. The highest BCUT2D eigenvalue weighted by atomic mass is 15.1. The Morgan fingerprint density at radius 2 is 2.15 bits per heavy atom. The van der Waals surface area contributed by atoms with Crippen molar-refractivity contribution in [3.8, 4) is 0 Å². The Kier molecular flexibility index (Phi) is 2.60.